The lowest BCUT2D eigenvalue weighted by atomic mass is 9.99. The van der Waals surface area contributed by atoms with Crippen molar-refractivity contribution >= 4 is 23.8 Å². The Morgan fingerprint density at radius 1 is 1.05 bits per heavy atom. The number of pyridine rings is 1. The van der Waals surface area contributed by atoms with Crippen molar-refractivity contribution in [3.05, 3.63) is 54.2 Å². The average molecular weight is 534 g/mol. The number of carbonyl (C=O) groups excluding carboxylic acids is 2. The lowest BCUT2D eigenvalue weighted by Crippen LogP contribution is -2.39. The molecule has 0 bridgehead atoms. The third-order valence-electron chi connectivity index (χ3n) is 5.68. The van der Waals surface area contributed by atoms with Gasteiger partial charge in [-0.3, -0.25) is 4.79 Å². The van der Waals surface area contributed by atoms with E-state index < -0.39 is 17.4 Å². The summed E-state index contributed by atoms with van der Waals surface area (Å²) in [5.41, 5.74) is 2.07. The number of anilines is 1. The molecule has 1 unspecified atom stereocenters. The summed E-state index contributed by atoms with van der Waals surface area (Å²) >= 11 is 0. The Morgan fingerprint density at radius 2 is 1.77 bits per heavy atom. The molecule has 1 N–H and O–H groups in total. The summed E-state index contributed by atoms with van der Waals surface area (Å²) in [7, 11) is 0. The second-order valence-electron chi connectivity index (χ2n) is 11.2. The van der Waals surface area contributed by atoms with Crippen LogP contribution in [0.3, 0.4) is 0 Å². The molecule has 0 spiro atoms. The highest BCUT2D eigenvalue weighted by Gasteiger charge is 2.26. The van der Waals surface area contributed by atoms with E-state index in [0.29, 0.717) is 43.1 Å². The Hall–Kier alpha value is -4.05. The molecular weight excluding hydrogens is 498 g/mol. The summed E-state index contributed by atoms with van der Waals surface area (Å²) in [6.45, 7) is 12.1. The minimum absolute atomic E-state index is 0.248. The molecule has 10 heteroatoms. The van der Waals surface area contributed by atoms with Gasteiger partial charge in [-0.05, 0) is 77.3 Å². The molecule has 0 fully saturated rings. The third-order valence-corrected chi connectivity index (χ3v) is 5.68. The number of nitrogens with one attached hydrogen (secondary N) is 1. The Morgan fingerprint density at radius 3 is 2.38 bits per heavy atom. The first-order valence-corrected chi connectivity index (χ1v) is 12.9. The van der Waals surface area contributed by atoms with Crippen molar-refractivity contribution in [2.45, 2.75) is 65.4 Å². The molecule has 0 aliphatic carbocycles. The van der Waals surface area contributed by atoms with E-state index in [0.717, 1.165) is 16.7 Å². The number of aldehydes is 1. The van der Waals surface area contributed by atoms with Crippen LogP contribution in [-0.2, 0) is 14.3 Å². The van der Waals surface area contributed by atoms with Gasteiger partial charge < -0.3 is 24.1 Å². The molecule has 0 saturated heterocycles. The number of carbonyl (C=O) groups is 2. The molecule has 1 aliphatic heterocycles. The lowest BCUT2D eigenvalue weighted by molar-refractivity contribution is -0.124. The van der Waals surface area contributed by atoms with Crippen molar-refractivity contribution in [2.75, 3.05) is 18.4 Å². The van der Waals surface area contributed by atoms with E-state index in [-0.39, 0.29) is 12.0 Å². The van der Waals surface area contributed by atoms with Crippen molar-refractivity contribution in [2.24, 2.45) is 0 Å². The fraction of sp³-hybridized carbons (Fsp3) is 0.414. The van der Waals surface area contributed by atoms with Gasteiger partial charge in [0.2, 0.25) is 5.89 Å². The molecule has 4 rings (SSSR count). The number of hydrogen-bond donors (Lipinski definition) is 1. The lowest BCUT2D eigenvalue weighted by Gasteiger charge is -2.29. The SMILES string of the molecule is CC(C)(C)OC(=O)N1CC=C(c2cnc(NC(C=O)OC(C)(C)C)c(-c3nnc(-c4ccccc4)o3)c2)CC1. The van der Waals surface area contributed by atoms with Crippen LogP contribution in [0.1, 0.15) is 53.5 Å². The van der Waals surface area contributed by atoms with Crippen LogP contribution in [0.2, 0.25) is 0 Å². The number of amides is 1. The van der Waals surface area contributed by atoms with Crippen molar-refractivity contribution in [3.63, 3.8) is 0 Å². The van der Waals surface area contributed by atoms with E-state index in [4.69, 9.17) is 13.9 Å². The number of ether oxygens (including phenoxy) is 2. The maximum atomic E-state index is 12.5. The first-order chi connectivity index (χ1) is 18.4. The van der Waals surface area contributed by atoms with E-state index >= 15 is 0 Å². The molecular formula is C29H35N5O5. The molecule has 0 radical (unpaired) electrons. The predicted octanol–water partition coefficient (Wildman–Crippen LogP) is 5.57. The molecule has 206 valence electrons. The fourth-order valence-electron chi connectivity index (χ4n) is 3.98. The molecule has 2 aromatic heterocycles. The van der Waals surface area contributed by atoms with Crippen LogP contribution in [0.25, 0.3) is 28.5 Å². The molecule has 1 atom stereocenters. The monoisotopic (exact) mass is 533 g/mol. The summed E-state index contributed by atoms with van der Waals surface area (Å²) in [5.74, 6) is 0.984. The molecule has 1 aliphatic rings. The first kappa shape index (κ1) is 28.0. The molecule has 1 aromatic carbocycles. The molecule has 3 aromatic rings. The second-order valence-corrected chi connectivity index (χ2v) is 11.2. The average Bonchev–Trinajstić information content (AvgIpc) is 3.37. The first-order valence-electron chi connectivity index (χ1n) is 12.9. The van der Waals surface area contributed by atoms with Gasteiger partial charge in [-0.25, -0.2) is 9.78 Å². The van der Waals surface area contributed by atoms with E-state index in [1.807, 2.05) is 84.0 Å². The summed E-state index contributed by atoms with van der Waals surface area (Å²) in [6.07, 6.45) is 3.73. The molecule has 10 nitrogen and oxygen atoms in total. The minimum atomic E-state index is -0.935. The Labute approximate surface area is 228 Å². The standard InChI is InChI=1S/C29H35N5O5/c1-28(2,3)38-23(18-35)31-24-22(26-33-32-25(37-26)20-10-8-7-9-11-20)16-21(17-30-24)19-12-14-34(15-13-19)27(36)39-29(4,5)6/h7-12,16-18,23H,13-15H2,1-6H3,(H,30,31). The molecule has 0 saturated carbocycles. The summed E-state index contributed by atoms with van der Waals surface area (Å²) in [6, 6.07) is 11.4. The van der Waals surface area contributed by atoms with Gasteiger partial charge >= 0.3 is 6.09 Å². The number of aromatic nitrogens is 3. The number of benzene rings is 1. The Kier molecular flexibility index (Phi) is 8.15. The van der Waals surface area contributed by atoms with E-state index in [1.54, 1.807) is 11.1 Å². The van der Waals surface area contributed by atoms with Gasteiger partial charge in [0.05, 0.1) is 11.2 Å². The number of hydrogen-bond acceptors (Lipinski definition) is 9. The van der Waals surface area contributed by atoms with Gasteiger partial charge in [0.15, 0.2) is 12.5 Å². The van der Waals surface area contributed by atoms with Crippen LogP contribution >= 0.6 is 0 Å². The highest BCUT2D eigenvalue weighted by molar-refractivity contribution is 5.79. The van der Waals surface area contributed by atoms with Crippen LogP contribution in [0.5, 0.6) is 0 Å². The van der Waals surface area contributed by atoms with Crippen LogP contribution < -0.4 is 5.32 Å². The van der Waals surface area contributed by atoms with E-state index in [2.05, 4.69) is 20.5 Å². The van der Waals surface area contributed by atoms with Gasteiger partial charge in [-0.1, -0.05) is 24.3 Å². The maximum Gasteiger partial charge on any atom is 0.410 e. The molecule has 3 heterocycles. The van der Waals surface area contributed by atoms with Gasteiger partial charge in [0.25, 0.3) is 5.89 Å². The van der Waals surface area contributed by atoms with Crippen LogP contribution in [-0.4, -0.2) is 63.0 Å². The van der Waals surface area contributed by atoms with Crippen LogP contribution in [0.4, 0.5) is 10.6 Å². The van der Waals surface area contributed by atoms with Crippen molar-refractivity contribution in [3.8, 4) is 22.9 Å². The third kappa shape index (κ3) is 7.51. The van der Waals surface area contributed by atoms with Gasteiger partial charge in [-0.15, -0.1) is 10.2 Å². The number of rotatable bonds is 7. The zero-order chi connectivity index (χ0) is 28.2. The van der Waals surface area contributed by atoms with Gasteiger partial charge in [0.1, 0.15) is 11.4 Å². The molecule has 1 amide bonds. The highest BCUT2D eigenvalue weighted by Crippen LogP contribution is 2.33. The van der Waals surface area contributed by atoms with E-state index in [9.17, 15) is 9.59 Å². The summed E-state index contributed by atoms with van der Waals surface area (Å²) in [5, 5.41) is 11.5. The van der Waals surface area contributed by atoms with Crippen LogP contribution in [0, 0.1) is 0 Å². The summed E-state index contributed by atoms with van der Waals surface area (Å²) in [4.78, 5) is 30.5. The quantitative estimate of drug-likeness (QED) is 0.307. The Balaban J connectivity index is 1.65. The van der Waals surface area contributed by atoms with E-state index in [1.165, 1.54) is 0 Å². The van der Waals surface area contributed by atoms with Crippen molar-refractivity contribution in [1.82, 2.24) is 20.1 Å². The van der Waals surface area contributed by atoms with Gasteiger partial charge in [-0.2, -0.15) is 0 Å². The predicted molar refractivity (Wildman–Crippen MR) is 148 cm³/mol. The molecule has 39 heavy (non-hydrogen) atoms. The fourth-order valence-corrected chi connectivity index (χ4v) is 3.98. The Bertz CT molecular complexity index is 1340. The second kappa shape index (κ2) is 11.4. The van der Waals surface area contributed by atoms with Crippen LogP contribution in [0.15, 0.2) is 53.1 Å². The van der Waals surface area contributed by atoms with Gasteiger partial charge in [0, 0.05) is 24.8 Å². The maximum absolute atomic E-state index is 12.5. The largest absolute Gasteiger partial charge is 0.444 e. The smallest absolute Gasteiger partial charge is 0.410 e. The minimum Gasteiger partial charge on any atom is -0.444 e. The summed E-state index contributed by atoms with van der Waals surface area (Å²) < 4.78 is 17.4. The zero-order valence-electron chi connectivity index (χ0n) is 23.2. The normalized spacial score (nSPS) is 14.9. The zero-order valence-corrected chi connectivity index (χ0v) is 23.2. The van der Waals surface area contributed by atoms with Crippen molar-refractivity contribution < 1.29 is 23.5 Å². The number of nitrogens with zero attached hydrogens (tertiary/aromatic N) is 4. The highest BCUT2D eigenvalue weighted by atomic mass is 16.6. The topological polar surface area (TPSA) is 120 Å². The van der Waals surface area contributed by atoms with Crippen molar-refractivity contribution in [1.29, 1.82) is 0 Å².